The molecule has 18 heavy (non-hydrogen) atoms. The molecule has 1 heterocycles. The molecule has 2 bridgehead atoms. The largest absolute Gasteiger partial charge is 0.241 e. The second kappa shape index (κ2) is 4.04. The third kappa shape index (κ3) is 1.69. The van der Waals surface area contributed by atoms with Crippen LogP contribution in [0.15, 0.2) is 12.3 Å². The van der Waals surface area contributed by atoms with Gasteiger partial charge in [0.15, 0.2) is 0 Å². The van der Waals surface area contributed by atoms with E-state index in [1.807, 2.05) is 12.3 Å². The van der Waals surface area contributed by atoms with Crippen molar-refractivity contribution in [1.29, 1.82) is 0 Å². The minimum Gasteiger partial charge on any atom is -0.241 e. The van der Waals surface area contributed by atoms with Crippen LogP contribution in [0.2, 0.25) is 0 Å². The zero-order valence-electron chi connectivity index (χ0n) is 11.9. The maximum absolute atomic E-state index is 4.72. The second-order valence-corrected chi connectivity index (χ2v) is 6.82. The second-order valence-electron chi connectivity index (χ2n) is 6.82. The highest BCUT2D eigenvalue weighted by Crippen LogP contribution is 2.59. The highest BCUT2D eigenvalue weighted by molar-refractivity contribution is 5.17. The Labute approximate surface area is 110 Å². The summed E-state index contributed by atoms with van der Waals surface area (Å²) >= 11 is 0. The van der Waals surface area contributed by atoms with Gasteiger partial charge in [0, 0.05) is 17.3 Å². The fourth-order valence-corrected chi connectivity index (χ4v) is 4.12. The van der Waals surface area contributed by atoms with Crippen molar-refractivity contribution in [2.45, 2.75) is 64.7 Å². The van der Waals surface area contributed by atoms with Crippen LogP contribution in [0.25, 0.3) is 0 Å². The summed E-state index contributed by atoms with van der Waals surface area (Å²) < 4.78 is 0. The zero-order chi connectivity index (χ0) is 12.8. The normalized spacial score (nSPS) is 35.1. The molecule has 0 N–H and O–H groups in total. The summed E-state index contributed by atoms with van der Waals surface area (Å²) in [7, 11) is 0. The molecule has 0 unspecified atom stereocenters. The standard InChI is InChI=1S/C16H24N2/c1-12(2)15-5-8-16(9-6-15,10-7-15)14-17-11-4-13(3)18-14/h4,11-12H,5-10H2,1-3H3. The summed E-state index contributed by atoms with van der Waals surface area (Å²) in [5.41, 5.74) is 2.05. The van der Waals surface area contributed by atoms with E-state index in [9.17, 15) is 0 Å². The van der Waals surface area contributed by atoms with Gasteiger partial charge >= 0.3 is 0 Å². The van der Waals surface area contributed by atoms with Crippen LogP contribution < -0.4 is 0 Å². The molecule has 0 saturated heterocycles. The summed E-state index contributed by atoms with van der Waals surface area (Å²) in [4.78, 5) is 9.31. The van der Waals surface area contributed by atoms with Gasteiger partial charge in [-0.25, -0.2) is 9.97 Å². The molecule has 0 aromatic carbocycles. The van der Waals surface area contributed by atoms with Gasteiger partial charge in [-0.3, -0.25) is 0 Å². The first-order valence-electron chi connectivity index (χ1n) is 7.37. The molecule has 2 nitrogen and oxygen atoms in total. The number of nitrogens with zero attached hydrogens (tertiary/aromatic N) is 2. The van der Waals surface area contributed by atoms with E-state index in [4.69, 9.17) is 4.98 Å². The Bertz CT molecular complexity index is 426. The molecule has 3 saturated carbocycles. The molecular weight excluding hydrogens is 220 g/mol. The van der Waals surface area contributed by atoms with E-state index in [1.54, 1.807) is 0 Å². The van der Waals surface area contributed by atoms with Crippen LogP contribution in [0.3, 0.4) is 0 Å². The van der Waals surface area contributed by atoms with E-state index >= 15 is 0 Å². The van der Waals surface area contributed by atoms with E-state index in [0.29, 0.717) is 10.8 Å². The fourth-order valence-electron chi connectivity index (χ4n) is 4.12. The molecule has 0 aliphatic heterocycles. The Morgan fingerprint density at radius 3 is 2.17 bits per heavy atom. The van der Waals surface area contributed by atoms with Crippen LogP contribution in [-0.2, 0) is 5.41 Å². The van der Waals surface area contributed by atoms with Crippen molar-refractivity contribution in [3.05, 3.63) is 23.8 Å². The maximum Gasteiger partial charge on any atom is 0.134 e. The van der Waals surface area contributed by atoms with Crippen LogP contribution >= 0.6 is 0 Å². The Kier molecular flexibility index (Phi) is 2.72. The minimum atomic E-state index is 0.308. The van der Waals surface area contributed by atoms with Gasteiger partial charge in [0.1, 0.15) is 5.82 Å². The molecule has 0 radical (unpaired) electrons. The summed E-state index contributed by atoms with van der Waals surface area (Å²) in [5, 5.41) is 0. The highest BCUT2D eigenvalue weighted by Gasteiger charge is 2.51. The highest BCUT2D eigenvalue weighted by atomic mass is 14.9. The SMILES string of the molecule is Cc1ccnc(C23CCC(C(C)C)(CC2)CC3)n1. The first kappa shape index (κ1) is 12.1. The van der Waals surface area contributed by atoms with Gasteiger partial charge in [-0.05, 0) is 62.8 Å². The Morgan fingerprint density at radius 2 is 1.67 bits per heavy atom. The van der Waals surface area contributed by atoms with Gasteiger partial charge in [-0.2, -0.15) is 0 Å². The zero-order valence-corrected chi connectivity index (χ0v) is 11.9. The summed E-state index contributed by atoms with van der Waals surface area (Å²) in [5.74, 6) is 1.95. The van der Waals surface area contributed by atoms with Crippen LogP contribution in [0, 0.1) is 18.3 Å². The molecular formula is C16H24N2. The van der Waals surface area contributed by atoms with E-state index in [1.165, 1.54) is 38.5 Å². The van der Waals surface area contributed by atoms with E-state index in [2.05, 4.69) is 25.8 Å². The van der Waals surface area contributed by atoms with Crippen LogP contribution in [0.4, 0.5) is 0 Å². The molecule has 98 valence electrons. The average molecular weight is 244 g/mol. The molecule has 2 heteroatoms. The lowest BCUT2D eigenvalue weighted by molar-refractivity contribution is -0.00167. The van der Waals surface area contributed by atoms with E-state index in [0.717, 1.165) is 17.4 Å². The van der Waals surface area contributed by atoms with Crippen molar-refractivity contribution in [2.75, 3.05) is 0 Å². The lowest BCUT2D eigenvalue weighted by atomic mass is 9.50. The number of aromatic nitrogens is 2. The number of aryl methyl sites for hydroxylation is 1. The molecule has 0 spiro atoms. The fraction of sp³-hybridized carbons (Fsp3) is 0.750. The number of fused-ring (bicyclic) bond motifs is 3. The molecule has 1 aromatic heterocycles. The summed E-state index contributed by atoms with van der Waals surface area (Å²) in [6.45, 7) is 6.88. The number of hydrogen-bond acceptors (Lipinski definition) is 2. The van der Waals surface area contributed by atoms with Crippen LogP contribution in [0.1, 0.15) is 63.9 Å². The van der Waals surface area contributed by atoms with Gasteiger partial charge < -0.3 is 0 Å². The minimum absolute atomic E-state index is 0.308. The van der Waals surface area contributed by atoms with Crippen LogP contribution in [-0.4, -0.2) is 9.97 Å². The lowest BCUT2D eigenvalue weighted by Crippen LogP contribution is -2.47. The molecule has 0 atom stereocenters. The van der Waals surface area contributed by atoms with Crippen molar-refractivity contribution in [2.24, 2.45) is 11.3 Å². The van der Waals surface area contributed by atoms with Gasteiger partial charge in [-0.15, -0.1) is 0 Å². The van der Waals surface area contributed by atoms with Gasteiger partial charge in [-0.1, -0.05) is 13.8 Å². The van der Waals surface area contributed by atoms with Gasteiger partial charge in [0.05, 0.1) is 0 Å². The molecule has 1 aromatic rings. The lowest BCUT2D eigenvalue weighted by Gasteiger charge is -2.54. The van der Waals surface area contributed by atoms with Crippen LogP contribution in [0.5, 0.6) is 0 Å². The van der Waals surface area contributed by atoms with Crippen molar-refractivity contribution in [1.82, 2.24) is 9.97 Å². The third-order valence-corrected chi connectivity index (χ3v) is 5.80. The molecule has 3 aliphatic rings. The smallest absolute Gasteiger partial charge is 0.134 e. The predicted molar refractivity (Wildman–Crippen MR) is 73.4 cm³/mol. The molecule has 3 fully saturated rings. The predicted octanol–water partition coefficient (Wildman–Crippen LogP) is 4.03. The monoisotopic (exact) mass is 244 g/mol. The van der Waals surface area contributed by atoms with Crippen molar-refractivity contribution < 1.29 is 0 Å². The summed E-state index contributed by atoms with van der Waals surface area (Å²) in [6.07, 6.45) is 9.97. The molecule has 4 rings (SSSR count). The van der Waals surface area contributed by atoms with Gasteiger partial charge in [0.25, 0.3) is 0 Å². The summed E-state index contributed by atoms with van der Waals surface area (Å²) in [6, 6.07) is 2.00. The average Bonchev–Trinajstić information content (AvgIpc) is 2.41. The van der Waals surface area contributed by atoms with Crippen molar-refractivity contribution >= 4 is 0 Å². The Balaban J connectivity index is 1.89. The Morgan fingerprint density at radius 1 is 1.06 bits per heavy atom. The first-order valence-corrected chi connectivity index (χ1v) is 7.37. The Hall–Kier alpha value is -0.920. The van der Waals surface area contributed by atoms with E-state index in [-0.39, 0.29) is 0 Å². The first-order chi connectivity index (χ1) is 8.56. The number of rotatable bonds is 2. The topological polar surface area (TPSA) is 25.8 Å². The molecule has 3 aliphatic carbocycles. The van der Waals surface area contributed by atoms with E-state index < -0.39 is 0 Å². The quantitative estimate of drug-likeness (QED) is 0.785. The molecule has 0 amide bonds. The van der Waals surface area contributed by atoms with Crippen molar-refractivity contribution in [3.8, 4) is 0 Å². The maximum atomic E-state index is 4.72. The van der Waals surface area contributed by atoms with Crippen molar-refractivity contribution in [3.63, 3.8) is 0 Å². The number of hydrogen-bond donors (Lipinski definition) is 0. The third-order valence-electron chi connectivity index (χ3n) is 5.80. The van der Waals surface area contributed by atoms with Gasteiger partial charge in [0.2, 0.25) is 0 Å².